The molecule has 154 valence electrons. The molecule has 0 bridgehead atoms. The molecule has 5 nitrogen and oxygen atoms in total. The minimum absolute atomic E-state index is 0.00577. The molecule has 3 rings (SSSR count). The number of nitrogens with one attached hydrogen (secondary N) is 1. The van der Waals surface area contributed by atoms with Crippen LogP contribution >= 0.6 is 23.2 Å². The van der Waals surface area contributed by atoms with Crippen molar-refractivity contribution >= 4 is 35.0 Å². The minimum atomic E-state index is -0.268. The van der Waals surface area contributed by atoms with Crippen LogP contribution in [-0.4, -0.2) is 36.4 Å². The highest BCUT2D eigenvalue weighted by atomic mass is 35.5. The second-order valence-corrected chi connectivity index (χ2v) is 7.79. The summed E-state index contributed by atoms with van der Waals surface area (Å²) in [7, 11) is 0. The number of hydrogen-bond acceptors (Lipinski definition) is 3. The Bertz CT molecular complexity index is 882. The standard InChI is InChI=1S/C22H24Cl2N2O3/c1-2-19(25-22(28)15-9-10-17(23)18(24)13-15)16-7-3-4-8-20(16)29-14-21(27)26-11-5-6-12-26/h3-4,7-10,13,19H,2,5-6,11-12,14H2,1H3,(H,25,28)/t19-/m1/s1. The third kappa shape index (κ3) is 5.43. The van der Waals surface area contributed by atoms with E-state index in [0.717, 1.165) is 31.5 Å². The largest absolute Gasteiger partial charge is 0.483 e. The predicted molar refractivity (Wildman–Crippen MR) is 115 cm³/mol. The van der Waals surface area contributed by atoms with E-state index in [1.54, 1.807) is 18.2 Å². The lowest BCUT2D eigenvalue weighted by molar-refractivity contribution is -0.132. The van der Waals surface area contributed by atoms with Crippen LogP contribution in [0, 0.1) is 0 Å². The van der Waals surface area contributed by atoms with Crippen LogP contribution in [0.3, 0.4) is 0 Å². The number of benzene rings is 2. The molecule has 0 saturated carbocycles. The molecule has 0 spiro atoms. The van der Waals surface area contributed by atoms with Gasteiger partial charge in [0.1, 0.15) is 5.75 Å². The Hall–Kier alpha value is -2.24. The lowest BCUT2D eigenvalue weighted by atomic mass is 10.0. The van der Waals surface area contributed by atoms with Crippen molar-refractivity contribution < 1.29 is 14.3 Å². The molecule has 2 amide bonds. The van der Waals surface area contributed by atoms with Gasteiger partial charge in [-0.2, -0.15) is 0 Å². The normalized spacial score (nSPS) is 14.5. The lowest BCUT2D eigenvalue weighted by Gasteiger charge is -2.22. The molecule has 1 saturated heterocycles. The average Bonchev–Trinajstić information content (AvgIpc) is 3.27. The SMILES string of the molecule is CC[C@@H](NC(=O)c1ccc(Cl)c(Cl)c1)c1ccccc1OCC(=O)N1CCCC1. The number of amides is 2. The van der Waals surface area contributed by atoms with Crippen LogP contribution in [-0.2, 0) is 4.79 Å². The van der Waals surface area contributed by atoms with Crippen molar-refractivity contribution in [2.45, 2.75) is 32.2 Å². The predicted octanol–water partition coefficient (Wildman–Crippen LogP) is 4.88. The van der Waals surface area contributed by atoms with Gasteiger partial charge in [-0.1, -0.05) is 48.3 Å². The van der Waals surface area contributed by atoms with Gasteiger partial charge in [0.05, 0.1) is 16.1 Å². The Morgan fingerprint density at radius 3 is 2.52 bits per heavy atom. The van der Waals surface area contributed by atoms with Gasteiger partial charge in [0, 0.05) is 24.2 Å². The molecule has 1 fully saturated rings. The zero-order valence-electron chi connectivity index (χ0n) is 16.3. The maximum Gasteiger partial charge on any atom is 0.260 e. The number of halogens is 2. The Balaban J connectivity index is 1.70. The van der Waals surface area contributed by atoms with E-state index in [4.69, 9.17) is 27.9 Å². The van der Waals surface area contributed by atoms with Crippen LogP contribution < -0.4 is 10.1 Å². The van der Waals surface area contributed by atoms with Crippen molar-refractivity contribution in [3.05, 3.63) is 63.6 Å². The van der Waals surface area contributed by atoms with E-state index >= 15 is 0 Å². The highest BCUT2D eigenvalue weighted by molar-refractivity contribution is 6.42. The van der Waals surface area contributed by atoms with E-state index in [0.29, 0.717) is 27.8 Å². The Labute approximate surface area is 180 Å². The van der Waals surface area contributed by atoms with Crippen LogP contribution in [0.1, 0.15) is 48.1 Å². The van der Waals surface area contributed by atoms with E-state index in [-0.39, 0.29) is 24.5 Å². The number of likely N-dealkylation sites (tertiary alicyclic amines) is 1. The quantitative estimate of drug-likeness (QED) is 0.675. The van der Waals surface area contributed by atoms with Gasteiger partial charge in [0.25, 0.3) is 11.8 Å². The summed E-state index contributed by atoms with van der Waals surface area (Å²) in [6.07, 6.45) is 2.75. The van der Waals surface area contributed by atoms with Crippen molar-refractivity contribution in [1.29, 1.82) is 0 Å². The molecule has 1 heterocycles. The van der Waals surface area contributed by atoms with Crippen molar-refractivity contribution in [3.63, 3.8) is 0 Å². The summed E-state index contributed by atoms with van der Waals surface area (Å²) >= 11 is 12.0. The summed E-state index contributed by atoms with van der Waals surface area (Å²) < 4.78 is 5.84. The molecule has 0 radical (unpaired) electrons. The number of nitrogens with zero attached hydrogens (tertiary/aromatic N) is 1. The average molecular weight is 435 g/mol. The second-order valence-electron chi connectivity index (χ2n) is 6.98. The molecule has 0 unspecified atom stereocenters. The first-order valence-corrected chi connectivity index (χ1v) is 10.5. The van der Waals surface area contributed by atoms with Gasteiger partial charge in [-0.3, -0.25) is 9.59 Å². The lowest BCUT2D eigenvalue weighted by Crippen LogP contribution is -2.32. The van der Waals surface area contributed by atoms with Crippen molar-refractivity contribution in [3.8, 4) is 5.75 Å². The first-order chi connectivity index (χ1) is 14.0. The molecule has 1 aliphatic heterocycles. The molecule has 1 atom stereocenters. The van der Waals surface area contributed by atoms with Crippen LogP contribution in [0.15, 0.2) is 42.5 Å². The van der Waals surface area contributed by atoms with Gasteiger partial charge in [-0.15, -0.1) is 0 Å². The summed E-state index contributed by atoms with van der Waals surface area (Å²) in [5.74, 6) is 0.338. The summed E-state index contributed by atoms with van der Waals surface area (Å²) in [6.45, 7) is 3.56. The summed E-state index contributed by atoms with van der Waals surface area (Å²) in [5.41, 5.74) is 1.26. The van der Waals surface area contributed by atoms with Gasteiger partial charge in [-0.05, 0) is 43.5 Å². The second kappa shape index (κ2) is 9.99. The molecular weight excluding hydrogens is 411 g/mol. The van der Waals surface area contributed by atoms with E-state index < -0.39 is 0 Å². The molecule has 1 aliphatic rings. The summed E-state index contributed by atoms with van der Waals surface area (Å²) in [4.78, 5) is 26.8. The van der Waals surface area contributed by atoms with Crippen LogP contribution in [0.4, 0.5) is 0 Å². The third-order valence-electron chi connectivity index (χ3n) is 5.00. The van der Waals surface area contributed by atoms with Gasteiger partial charge in [-0.25, -0.2) is 0 Å². The van der Waals surface area contributed by atoms with Gasteiger partial charge in [0.2, 0.25) is 0 Å². The van der Waals surface area contributed by atoms with Gasteiger partial charge in [0.15, 0.2) is 6.61 Å². The number of carbonyl (C=O) groups is 2. The smallest absolute Gasteiger partial charge is 0.260 e. The van der Waals surface area contributed by atoms with Crippen LogP contribution in [0.5, 0.6) is 5.75 Å². The molecule has 7 heteroatoms. The molecule has 2 aromatic carbocycles. The molecule has 0 aliphatic carbocycles. The maximum absolute atomic E-state index is 12.7. The maximum atomic E-state index is 12.7. The van der Waals surface area contributed by atoms with E-state index in [1.165, 1.54) is 0 Å². The first kappa shape index (κ1) is 21.5. The Morgan fingerprint density at radius 2 is 1.83 bits per heavy atom. The minimum Gasteiger partial charge on any atom is -0.483 e. The Morgan fingerprint density at radius 1 is 1.10 bits per heavy atom. The summed E-state index contributed by atoms with van der Waals surface area (Å²) in [5, 5.41) is 3.74. The van der Waals surface area contributed by atoms with Crippen molar-refractivity contribution in [2.75, 3.05) is 19.7 Å². The van der Waals surface area contributed by atoms with Crippen LogP contribution in [0.25, 0.3) is 0 Å². The van der Waals surface area contributed by atoms with Crippen molar-refractivity contribution in [2.24, 2.45) is 0 Å². The zero-order valence-corrected chi connectivity index (χ0v) is 17.8. The number of ether oxygens (including phenoxy) is 1. The topological polar surface area (TPSA) is 58.6 Å². The fourth-order valence-electron chi connectivity index (χ4n) is 3.38. The molecule has 0 aromatic heterocycles. The van der Waals surface area contributed by atoms with E-state index in [2.05, 4.69) is 5.32 Å². The summed E-state index contributed by atoms with van der Waals surface area (Å²) in [6, 6.07) is 12.0. The number of carbonyl (C=O) groups excluding carboxylic acids is 2. The highest BCUT2D eigenvalue weighted by Gasteiger charge is 2.21. The van der Waals surface area contributed by atoms with Gasteiger partial charge < -0.3 is 15.0 Å². The molecule has 29 heavy (non-hydrogen) atoms. The van der Waals surface area contributed by atoms with E-state index in [1.807, 2.05) is 36.1 Å². The Kier molecular flexibility index (Phi) is 7.40. The number of rotatable bonds is 7. The molecule has 2 aromatic rings. The van der Waals surface area contributed by atoms with Crippen molar-refractivity contribution in [1.82, 2.24) is 10.2 Å². The number of para-hydroxylation sites is 1. The molecular formula is C22H24Cl2N2O3. The number of hydrogen-bond donors (Lipinski definition) is 1. The van der Waals surface area contributed by atoms with Gasteiger partial charge >= 0.3 is 0 Å². The fourth-order valence-corrected chi connectivity index (χ4v) is 3.67. The fraction of sp³-hybridized carbons (Fsp3) is 0.364. The monoisotopic (exact) mass is 434 g/mol. The first-order valence-electron chi connectivity index (χ1n) is 9.75. The van der Waals surface area contributed by atoms with Crippen LogP contribution in [0.2, 0.25) is 10.0 Å². The molecule has 1 N–H and O–H groups in total. The third-order valence-corrected chi connectivity index (χ3v) is 5.74. The zero-order chi connectivity index (χ0) is 20.8. The highest BCUT2D eigenvalue weighted by Crippen LogP contribution is 2.28. The van der Waals surface area contributed by atoms with E-state index in [9.17, 15) is 9.59 Å².